The quantitative estimate of drug-likeness (QED) is 0.642. The fourth-order valence-corrected chi connectivity index (χ4v) is 1.80. The van der Waals surface area contributed by atoms with Crippen LogP contribution in [0.15, 0.2) is 42.5 Å². The molecule has 0 aliphatic carbocycles. The number of hydroxylamine groups is 1. The van der Waals surface area contributed by atoms with E-state index in [9.17, 15) is 4.79 Å². The minimum Gasteiger partial charge on any atom is -0.481 e. The summed E-state index contributed by atoms with van der Waals surface area (Å²) in [7, 11) is 0. The van der Waals surface area contributed by atoms with Crippen molar-refractivity contribution in [2.24, 2.45) is 0 Å². The average molecular weight is 245 g/mol. The smallest absolute Gasteiger partial charge is 0.284 e. The van der Waals surface area contributed by atoms with Crippen molar-refractivity contribution >= 4 is 16.7 Å². The maximum atomic E-state index is 11.3. The number of fused-ring (bicyclic) bond motifs is 1. The standard InChI is InChI=1S/C14H15NO3/c1-2-13(14(16)15-17)18-12-8-7-10-5-3-4-6-11(10)9-12/h3-9,13,17H,2H2,1H3,(H,15,16). The van der Waals surface area contributed by atoms with Crippen LogP contribution in [0.5, 0.6) is 5.75 Å². The Labute approximate surface area is 105 Å². The summed E-state index contributed by atoms with van der Waals surface area (Å²) >= 11 is 0. The van der Waals surface area contributed by atoms with Gasteiger partial charge in [0.05, 0.1) is 0 Å². The van der Waals surface area contributed by atoms with E-state index in [1.807, 2.05) is 49.4 Å². The van der Waals surface area contributed by atoms with Gasteiger partial charge in [-0.25, -0.2) is 5.48 Å². The molecule has 2 aromatic rings. The van der Waals surface area contributed by atoms with E-state index in [0.717, 1.165) is 10.8 Å². The van der Waals surface area contributed by atoms with Crippen molar-refractivity contribution in [2.45, 2.75) is 19.4 Å². The van der Waals surface area contributed by atoms with Crippen molar-refractivity contribution in [3.8, 4) is 5.75 Å². The average Bonchev–Trinajstić information content (AvgIpc) is 2.43. The summed E-state index contributed by atoms with van der Waals surface area (Å²) in [5.41, 5.74) is 1.61. The van der Waals surface area contributed by atoms with Crippen molar-refractivity contribution in [1.29, 1.82) is 0 Å². The second-order valence-electron chi connectivity index (χ2n) is 4.00. The molecule has 18 heavy (non-hydrogen) atoms. The Morgan fingerprint density at radius 3 is 2.67 bits per heavy atom. The van der Waals surface area contributed by atoms with Crippen LogP contribution in [-0.2, 0) is 4.79 Å². The zero-order valence-electron chi connectivity index (χ0n) is 10.1. The van der Waals surface area contributed by atoms with E-state index in [1.165, 1.54) is 0 Å². The Morgan fingerprint density at radius 1 is 1.28 bits per heavy atom. The highest BCUT2D eigenvalue weighted by molar-refractivity contribution is 5.84. The van der Waals surface area contributed by atoms with Crippen molar-refractivity contribution in [3.63, 3.8) is 0 Å². The molecule has 0 saturated carbocycles. The number of carbonyl (C=O) groups excluding carboxylic acids is 1. The first-order chi connectivity index (χ1) is 8.74. The van der Waals surface area contributed by atoms with E-state index < -0.39 is 12.0 Å². The zero-order chi connectivity index (χ0) is 13.0. The maximum absolute atomic E-state index is 11.3. The molecule has 94 valence electrons. The van der Waals surface area contributed by atoms with Gasteiger partial charge in [0.25, 0.3) is 5.91 Å². The molecule has 0 bridgehead atoms. The molecule has 0 saturated heterocycles. The number of nitrogens with one attached hydrogen (secondary N) is 1. The first-order valence-corrected chi connectivity index (χ1v) is 5.84. The Morgan fingerprint density at radius 2 is 2.00 bits per heavy atom. The topological polar surface area (TPSA) is 58.6 Å². The van der Waals surface area contributed by atoms with Gasteiger partial charge < -0.3 is 4.74 Å². The molecular formula is C14H15NO3. The lowest BCUT2D eigenvalue weighted by Gasteiger charge is -2.15. The van der Waals surface area contributed by atoms with Crippen LogP contribution < -0.4 is 10.2 Å². The minimum absolute atomic E-state index is 0.485. The van der Waals surface area contributed by atoms with E-state index >= 15 is 0 Å². The van der Waals surface area contributed by atoms with Crippen LogP contribution in [0.1, 0.15) is 13.3 Å². The zero-order valence-corrected chi connectivity index (χ0v) is 10.1. The first-order valence-electron chi connectivity index (χ1n) is 5.84. The number of ether oxygens (including phenoxy) is 1. The predicted octanol–water partition coefficient (Wildman–Crippen LogP) is 2.50. The van der Waals surface area contributed by atoms with E-state index in [4.69, 9.17) is 9.94 Å². The molecule has 2 aromatic carbocycles. The fraction of sp³-hybridized carbons (Fsp3) is 0.214. The molecule has 1 unspecified atom stereocenters. The maximum Gasteiger partial charge on any atom is 0.284 e. The largest absolute Gasteiger partial charge is 0.481 e. The highest BCUT2D eigenvalue weighted by Crippen LogP contribution is 2.21. The van der Waals surface area contributed by atoms with Gasteiger partial charge in [-0.05, 0) is 29.3 Å². The first kappa shape index (κ1) is 12.4. The Balaban J connectivity index is 2.23. The summed E-state index contributed by atoms with van der Waals surface area (Å²) in [5.74, 6) is 0.0785. The summed E-state index contributed by atoms with van der Waals surface area (Å²) in [6.07, 6.45) is -0.199. The number of carbonyl (C=O) groups is 1. The second kappa shape index (κ2) is 5.51. The Kier molecular flexibility index (Phi) is 3.79. The highest BCUT2D eigenvalue weighted by Gasteiger charge is 2.17. The van der Waals surface area contributed by atoms with Crippen LogP contribution in [0.25, 0.3) is 10.8 Å². The van der Waals surface area contributed by atoms with Crippen LogP contribution in [0.2, 0.25) is 0 Å². The van der Waals surface area contributed by atoms with Gasteiger partial charge in [-0.15, -0.1) is 0 Å². The third kappa shape index (κ3) is 2.60. The third-order valence-corrected chi connectivity index (χ3v) is 2.77. The molecule has 0 radical (unpaired) electrons. The number of hydrogen-bond donors (Lipinski definition) is 2. The Hall–Kier alpha value is -2.07. The lowest BCUT2D eigenvalue weighted by Crippen LogP contribution is -2.36. The van der Waals surface area contributed by atoms with Crippen LogP contribution in [0, 0.1) is 0 Å². The van der Waals surface area contributed by atoms with Crippen LogP contribution in [-0.4, -0.2) is 17.2 Å². The summed E-state index contributed by atoms with van der Waals surface area (Å²) in [4.78, 5) is 11.3. The molecule has 1 amide bonds. The summed E-state index contributed by atoms with van der Waals surface area (Å²) in [6.45, 7) is 1.82. The molecule has 0 aromatic heterocycles. The Bertz CT molecular complexity index is 553. The minimum atomic E-state index is -0.684. The second-order valence-corrected chi connectivity index (χ2v) is 4.00. The van der Waals surface area contributed by atoms with Crippen LogP contribution >= 0.6 is 0 Å². The molecule has 4 nitrogen and oxygen atoms in total. The normalized spacial score (nSPS) is 12.1. The van der Waals surface area contributed by atoms with E-state index in [2.05, 4.69) is 0 Å². The monoisotopic (exact) mass is 245 g/mol. The summed E-state index contributed by atoms with van der Waals surface area (Å²) < 4.78 is 5.55. The molecule has 0 spiro atoms. The summed E-state index contributed by atoms with van der Waals surface area (Å²) in [5, 5.41) is 10.8. The van der Waals surface area contributed by atoms with Crippen LogP contribution in [0.3, 0.4) is 0 Å². The third-order valence-electron chi connectivity index (χ3n) is 2.77. The van der Waals surface area contributed by atoms with Crippen molar-refractivity contribution in [1.82, 2.24) is 5.48 Å². The molecule has 0 heterocycles. The molecule has 4 heteroatoms. The van der Waals surface area contributed by atoms with Gasteiger partial charge in [-0.3, -0.25) is 10.0 Å². The van der Waals surface area contributed by atoms with E-state index in [-0.39, 0.29) is 0 Å². The van der Waals surface area contributed by atoms with Gasteiger partial charge in [-0.2, -0.15) is 0 Å². The lowest BCUT2D eigenvalue weighted by molar-refractivity contribution is -0.136. The molecule has 0 fully saturated rings. The number of hydrogen-bond acceptors (Lipinski definition) is 3. The van der Waals surface area contributed by atoms with Crippen molar-refractivity contribution < 1.29 is 14.7 Å². The highest BCUT2D eigenvalue weighted by atomic mass is 16.5. The molecule has 2 N–H and O–H groups in total. The molecule has 0 aliphatic heterocycles. The van der Waals surface area contributed by atoms with Gasteiger partial charge >= 0.3 is 0 Å². The van der Waals surface area contributed by atoms with E-state index in [0.29, 0.717) is 12.2 Å². The van der Waals surface area contributed by atoms with Gasteiger partial charge in [0.15, 0.2) is 6.10 Å². The predicted molar refractivity (Wildman–Crippen MR) is 68.6 cm³/mol. The SMILES string of the molecule is CCC(Oc1ccc2ccccc2c1)C(=O)NO. The lowest BCUT2D eigenvalue weighted by atomic mass is 10.1. The van der Waals surface area contributed by atoms with Gasteiger partial charge in [0, 0.05) is 0 Å². The number of benzene rings is 2. The number of rotatable bonds is 4. The number of amides is 1. The van der Waals surface area contributed by atoms with Crippen LogP contribution in [0.4, 0.5) is 0 Å². The van der Waals surface area contributed by atoms with Crippen molar-refractivity contribution in [2.75, 3.05) is 0 Å². The van der Waals surface area contributed by atoms with Gasteiger partial charge in [-0.1, -0.05) is 37.3 Å². The fourth-order valence-electron chi connectivity index (χ4n) is 1.80. The van der Waals surface area contributed by atoms with E-state index in [1.54, 1.807) is 5.48 Å². The summed E-state index contributed by atoms with van der Waals surface area (Å²) in [6, 6.07) is 13.5. The molecular weight excluding hydrogens is 230 g/mol. The molecule has 2 rings (SSSR count). The van der Waals surface area contributed by atoms with Gasteiger partial charge in [0.1, 0.15) is 5.75 Å². The van der Waals surface area contributed by atoms with Crippen molar-refractivity contribution in [3.05, 3.63) is 42.5 Å². The molecule has 1 atom stereocenters. The van der Waals surface area contributed by atoms with Gasteiger partial charge in [0.2, 0.25) is 0 Å². The molecule has 0 aliphatic rings.